The molecule has 1 N–H and O–H groups in total. The maximum atomic E-state index is 3.53. The summed E-state index contributed by atoms with van der Waals surface area (Å²) >= 11 is 0. The molecule has 0 amide bonds. The minimum atomic E-state index is 0.425. The lowest BCUT2D eigenvalue weighted by Gasteiger charge is -2.26. The Kier molecular flexibility index (Phi) is 3.74. The molecule has 0 radical (unpaired) electrons. The van der Waals surface area contributed by atoms with Gasteiger partial charge in [-0.1, -0.05) is 20.8 Å². The number of hydrogen-bond donors (Lipinski definition) is 1. The molecule has 2 heteroatoms. The summed E-state index contributed by atoms with van der Waals surface area (Å²) < 4.78 is 0. The summed E-state index contributed by atoms with van der Waals surface area (Å²) in [6.07, 6.45) is 2.78. The van der Waals surface area contributed by atoms with Crippen LogP contribution in [0.15, 0.2) is 0 Å². The van der Waals surface area contributed by atoms with E-state index < -0.39 is 0 Å². The van der Waals surface area contributed by atoms with Gasteiger partial charge in [-0.25, -0.2) is 0 Å². The lowest BCUT2D eigenvalue weighted by atomic mass is 9.96. The highest BCUT2D eigenvalue weighted by molar-refractivity contribution is 4.81. The van der Waals surface area contributed by atoms with E-state index in [2.05, 4.69) is 38.0 Å². The first-order valence-corrected chi connectivity index (χ1v) is 5.39. The monoisotopic (exact) mass is 184 g/mol. The SMILES string of the molecule is CN(CCNC1CC1)CC(C)(C)C. The highest BCUT2D eigenvalue weighted by atomic mass is 15.1. The van der Waals surface area contributed by atoms with Crippen LogP contribution in [-0.2, 0) is 0 Å². The standard InChI is InChI=1S/C11H24N2/c1-11(2,3)9-13(4)8-7-12-10-5-6-10/h10,12H,5-9H2,1-4H3. The molecule has 0 bridgehead atoms. The molecule has 0 aromatic heterocycles. The lowest BCUT2D eigenvalue weighted by Crippen LogP contribution is -2.35. The van der Waals surface area contributed by atoms with Gasteiger partial charge in [-0.15, -0.1) is 0 Å². The predicted octanol–water partition coefficient (Wildman–Crippen LogP) is 1.72. The normalized spacial score (nSPS) is 18.2. The topological polar surface area (TPSA) is 15.3 Å². The molecule has 2 nitrogen and oxygen atoms in total. The predicted molar refractivity (Wildman–Crippen MR) is 58.0 cm³/mol. The van der Waals surface area contributed by atoms with E-state index in [1.165, 1.54) is 25.9 Å². The number of likely N-dealkylation sites (N-methyl/N-ethyl adjacent to an activating group) is 1. The van der Waals surface area contributed by atoms with Crippen LogP contribution in [0.5, 0.6) is 0 Å². The molecule has 0 spiro atoms. The Bertz CT molecular complexity index is 145. The fourth-order valence-corrected chi connectivity index (χ4v) is 1.64. The smallest absolute Gasteiger partial charge is 0.0104 e. The van der Waals surface area contributed by atoms with Gasteiger partial charge in [-0.3, -0.25) is 0 Å². The van der Waals surface area contributed by atoms with E-state index in [9.17, 15) is 0 Å². The second-order valence-electron chi connectivity index (χ2n) is 5.53. The second kappa shape index (κ2) is 4.43. The van der Waals surface area contributed by atoms with Crippen LogP contribution in [-0.4, -0.2) is 37.6 Å². The van der Waals surface area contributed by atoms with Gasteiger partial charge in [0.25, 0.3) is 0 Å². The molecule has 0 atom stereocenters. The quantitative estimate of drug-likeness (QED) is 0.700. The van der Waals surface area contributed by atoms with Crippen molar-refractivity contribution in [1.29, 1.82) is 0 Å². The van der Waals surface area contributed by atoms with E-state index >= 15 is 0 Å². The molecule has 78 valence electrons. The number of rotatable bonds is 5. The van der Waals surface area contributed by atoms with E-state index in [4.69, 9.17) is 0 Å². The van der Waals surface area contributed by atoms with Crippen LogP contribution in [0.25, 0.3) is 0 Å². The van der Waals surface area contributed by atoms with Crippen molar-refractivity contribution in [3.05, 3.63) is 0 Å². The summed E-state index contributed by atoms with van der Waals surface area (Å²) in [4.78, 5) is 2.41. The Morgan fingerprint density at radius 3 is 2.38 bits per heavy atom. The largest absolute Gasteiger partial charge is 0.313 e. The first-order valence-electron chi connectivity index (χ1n) is 5.39. The third-order valence-electron chi connectivity index (χ3n) is 2.25. The van der Waals surface area contributed by atoms with Gasteiger partial charge in [-0.2, -0.15) is 0 Å². The van der Waals surface area contributed by atoms with Crippen molar-refractivity contribution in [3.63, 3.8) is 0 Å². The maximum absolute atomic E-state index is 3.53. The molecule has 0 aromatic carbocycles. The van der Waals surface area contributed by atoms with Gasteiger partial charge in [0.05, 0.1) is 0 Å². The zero-order chi connectivity index (χ0) is 9.90. The zero-order valence-corrected chi connectivity index (χ0v) is 9.56. The fourth-order valence-electron chi connectivity index (χ4n) is 1.64. The molecule has 0 aliphatic heterocycles. The summed E-state index contributed by atoms with van der Waals surface area (Å²) in [6, 6.07) is 0.850. The Labute approximate surface area is 82.7 Å². The van der Waals surface area contributed by atoms with Crippen LogP contribution in [0.2, 0.25) is 0 Å². The molecule has 1 aliphatic carbocycles. The first-order chi connectivity index (χ1) is 5.97. The highest BCUT2D eigenvalue weighted by Gasteiger charge is 2.20. The molecule has 1 saturated carbocycles. The number of hydrogen-bond acceptors (Lipinski definition) is 2. The molecule has 13 heavy (non-hydrogen) atoms. The van der Waals surface area contributed by atoms with Crippen LogP contribution < -0.4 is 5.32 Å². The van der Waals surface area contributed by atoms with Crippen molar-refractivity contribution in [1.82, 2.24) is 10.2 Å². The molecule has 1 fully saturated rings. The van der Waals surface area contributed by atoms with Crippen molar-refractivity contribution < 1.29 is 0 Å². The van der Waals surface area contributed by atoms with Crippen LogP contribution in [0, 0.1) is 5.41 Å². The molecular formula is C11H24N2. The summed E-state index contributed by atoms with van der Waals surface area (Å²) in [5.41, 5.74) is 0.425. The van der Waals surface area contributed by atoms with Crippen LogP contribution in [0.4, 0.5) is 0 Å². The summed E-state index contributed by atoms with van der Waals surface area (Å²) in [6.45, 7) is 10.4. The van der Waals surface area contributed by atoms with Crippen molar-refractivity contribution >= 4 is 0 Å². The summed E-state index contributed by atoms with van der Waals surface area (Å²) in [5.74, 6) is 0. The van der Waals surface area contributed by atoms with Crippen LogP contribution in [0.3, 0.4) is 0 Å². The Balaban J connectivity index is 1.99. The molecular weight excluding hydrogens is 160 g/mol. The number of nitrogens with zero attached hydrogens (tertiary/aromatic N) is 1. The average molecular weight is 184 g/mol. The van der Waals surface area contributed by atoms with Crippen molar-refractivity contribution in [2.75, 3.05) is 26.7 Å². The van der Waals surface area contributed by atoms with E-state index in [-0.39, 0.29) is 0 Å². The summed E-state index contributed by atoms with van der Waals surface area (Å²) in [7, 11) is 2.21. The zero-order valence-electron chi connectivity index (χ0n) is 9.56. The fraction of sp³-hybridized carbons (Fsp3) is 1.00. The van der Waals surface area contributed by atoms with Gasteiger partial charge >= 0.3 is 0 Å². The minimum Gasteiger partial charge on any atom is -0.313 e. The first kappa shape index (κ1) is 11.0. The van der Waals surface area contributed by atoms with Gasteiger partial charge in [0.15, 0.2) is 0 Å². The molecule has 0 heterocycles. The Morgan fingerprint density at radius 2 is 1.92 bits per heavy atom. The molecule has 0 unspecified atom stereocenters. The maximum Gasteiger partial charge on any atom is 0.0104 e. The third kappa shape index (κ3) is 6.05. The Morgan fingerprint density at radius 1 is 1.31 bits per heavy atom. The molecule has 1 aliphatic rings. The lowest BCUT2D eigenvalue weighted by molar-refractivity contribution is 0.227. The minimum absolute atomic E-state index is 0.425. The van der Waals surface area contributed by atoms with E-state index in [0.717, 1.165) is 12.6 Å². The molecule has 0 aromatic rings. The van der Waals surface area contributed by atoms with Gasteiger partial charge < -0.3 is 10.2 Å². The average Bonchev–Trinajstić information content (AvgIpc) is 2.66. The van der Waals surface area contributed by atoms with Gasteiger partial charge in [0, 0.05) is 25.7 Å². The van der Waals surface area contributed by atoms with Crippen LogP contribution >= 0.6 is 0 Å². The molecule has 0 saturated heterocycles. The van der Waals surface area contributed by atoms with Crippen LogP contribution in [0.1, 0.15) is 33.6 Å². The van der Waals surface area contributed by atoms with E-state index in [1.807, 2.05) is 0 Å². The van der Waals surface area contributed by atoms with E-state index in [0.29, 0.717) is 5.41 Å². The van der Waals surface area contributed by atoms with Gasteiger partial charge in [0.2, 0.25) is 0 Å². The number of nitrogens with one attached hydrogen (secondary N) is 1. The van der Waals surface area contributed by atoms with E-state index in [1.54, 1.807) is 0 Å². The molecule has 1 rings (SSSR count). The van der Waals surface area contributed by atoms with Gasteiger partial charge in [0.1, 0.15) is 0 Å². The highest BCUT2D eigenvalue weighted by Crippen LogP contribution is 2.18. The van der Waals surface area contributed by atoms with Crippen molar-refractivity contribution in [2.24, 2.45) is 5.41 Å². The third-order valence-corrected chi connectivity index (χ3v) is 2.25. The van der Waals surface area contributed by atoms with Gasteiger partial charge in [-0.05, 0) is 25.3 Å². The van der Waals surface area contributed by atoms with Crippen molar-refractivity contribution in [3.8, 4) is 0 Å². The Hall–Kier alpha value is -0.0800. The summed E-state index contributed by atoms with van der Waals surface area (Å²) in [5, 5.41) is 3.53. The second-order valence-corrected chi connectivity index (χ2v) is 5.53. The van der Waals surface area contributed by atoms with Crippen molar-refractivity contribution in [2.45, 2.75) is 39.7 Å².